The smallest absolute Gasteiger partial charge is 0.269 e. The van der Waals surface area contributed by atoms with Gasteiger partial charge in [-0.15, -0.1) is 0 Å². The lowest BCUT2D eigenvalue weighted by Crippen LogP contribution is -2.27. The number of hydrogen-bond donors (Lipinski definition) is 0. The standard InChI is InChI=1S/C18H30O2Si/c1-14(2)13-17(16-11-9-8-10-12-16)18(19-15(3)4)20-21(5,6)7/h8-12,14-15H,13H2,1-7H3/b18-17-. The van der Waals surface area contributed by atoms with Crippen molar-refractivity contribution in [2.75, 3.05) is 0 Å². The van der Waals surface area contributed by atoms with Crippen LogP contribution in [0.1, 0.15) is 39.7 Å². The summed E-state index contributed by atoms with van der Waals surface area (Å²) in [5.41, 5.74) is 2.38. The molecular formula is C18H30O2Si. The quantitative estimate of drug-likeness (QED) is 0.477. The Morgan fingerprint density at radius 2 is 1.57 bits per heavy atom. The molecule has 0 aliphatic carbocycles. The van der Waals surface area contributed by atoms with Crippen LogP contribution >= 0.6 is 0 Å². The van der Waals surface area contributed by atoms with E-state index in [1.165, 1.54) is 11.1 Å². The zero-order valence-electron chi connectivity index (χ0n) is 14.6. The second kappa shape index (κ2) is 7.69. The Kier molecular flexibility index (Phi) is 6.53. The zero-order valence-corrected chi connectivity index (χ0v) is 15.6. The lowest BCUT2D eigenvalue weighted by atomic mass is 9.97. The van der Waals surface area contributed by atoms with Crippen LogP contribution in [-0.2, 0) is 9.16 Å². The third kappa shape index (κ3) is 6.85. The first-order valence-corrected chi connectivity index (χ1v) is 11.2. The first-order valence-electron chi connectivity index (χ1n) is 7.83. The summed E-state index contributed by atoms with van der Waals surface area (Å²) in [5, 5.41) is 0. The van der Waals surface area contributed by atoms with Crippen LogP contribution < -0.4 is 0 Å². The van der Waals surface area contributed by atoms with E-state index in [1.54, 1.807) is 0 Å². The van der Waals surface area contributed by atoms with Crippen molar-refractivity contribution >= 4 is 13.9 Å². The second-order valence-electron chi connectivity index (χ2n) is 7.11. The van der Waals surface area contributed by atoms with Crippen LogP contribution in [0.15, 0.2) is 36.3 Å². The highest BCUT2D eigenvalue weighted by Crippen LogP contribution is 2.29. The van der Waals surface area contributed by atoms with Crippen molar-refractivity contribution in [3.63, 3.8) is 0 Å². The van der Waals surface area contributed by atoms with Gasteiger partial charge in [0.05, 0.1) is 6.10 Å². The number of rotatable bonds is 7. The number of hydrogen-bond acceptors (Lipinski definition) is 2. The van der Waals surface area contributed by atoms with E-state index < -0.39 is 8.32 Å². The largest absolute Gasteiger partial charge is 0.519 e. The summed E-state index contributed by atoms with van der Waals surface area (Å²) in [5.74, 6) is 1.28. The lowest BCUT2D eigenvalue weighted by molar-refractivity contribution is 0.0614. The number of ether oxygens (including phenoxy) is 1. The van der Waals surface area contributed by atoms with E-state index >= 15 is 0 Å². The van der Waals surface area contributed by atoms with Crippen molar-refractivity contribution in [3.8, 4) is 0 Å². The molecule has 0 atom stereocenters. The predicted molar refractivity (Wildman–Crippen MR) is 93.5 cm³/mol. The SMILES string of the molecule is CC(C)C/C(=C(\OC(C)C)O[Si](C)(C)C)c1ccccc1. The molecule has 0 N–H and O–H groups in total. The van der Waals surface area contributed by atoms with Crippen molar-refractivity contribution in [1.82, 2.24) is 0 Å². The van der Waals surface area contributed by atoms with Gasteiger partial charge in [0.2, 0.25) is 8.32 Å². The van der Waals surface area contributed by atoms with Crippen molar-refractivity contribution in [2.45, 2.75) is 59.9 Å². The molecule has 1 aromatic carbocycles. The van der Waals surface area contributed by atoms with Crippen LogP contribution in [0.3, 0.4) is 0 Å². The molecule has 0 heterocycles. The molecule has 1 rings (SSSR count). The molecule has 0 bridgehead atoms. The molecule has 0 aromatic heterocycles. The normalized spacial score (nSPS) is 13.4. The van der Waals surface area contributed by atoms with E-state index in [1.807, 2.05) is 19.9 Å². The van der Waals surface area contributed by atoms with Gasteiger partial charge < -0.3 is 9.16 Å². The van der Waals surface area contributed by atoms with E-state index in [9.17, 15) is 0 Å². The van der Waals surface area contributed by atoms with Crippen LogP contribution in [0.2, 0.25) is 19.6 Å². The molecule has 1 aromatic rings. The Morgan fingerprint density at radius 3 is 2.00 bits per heavy atom. The molecule has 0 radical (unpaired) electrons. The van der Waals surface area contributed by atoms with Gasteiger partial charge in [-0.2, -0.15) is 0 Å². The van der Waals surface area contributed by atoms with E-state index in [4.69, 9.17) is 9.16 Å². The summed E-state index contributed by atoms with van der Waals surface area (Å²) in [6.07, 6.45) is 1.07. The number of allylic oxidation sites excluding steroid dienone is 1. The van der Waals surface area contributed by atoms with Crippen molar-refractivity contribution < 1.29 is 9.16 Å². The molecule has 0 spiro atoms. The van der Waals surface area contributed by atoms with Gasteiger partial charge in [0.15, 0.2) is 0 Å². The summed E-state index contributed by atoms with van der Waals surface area (Å²) in [6, 6.07) is 10.4. The highest BCUT2D eigenvalue weighted by Gasteiger charge is 2.23. The van der Waals surface area contributed by atoms with Gasteiger partial charge in [0.25, 0.3) is 5.95 Å². The topological polar surface area (TPSA) is 18.5 Å². The molecular weight excluding hydrogens is 276 g/mol. The highest BCUT2D eigenvalue weighted by atomic mass is 28.4. The van der Waals surface area contributed by atoms with E-state index in [0.717, 1.165) is 12.4 Å². The first kappa shape index (κ1) is 17.8. The van der Waals surface area contributed by atoms with Gasteiger partial charge in [-0.1, -0.05) is 44.2 Å². The van der Waals surface area contributed by atoms with Gasteiger partial charge in [0, 0.05) is 5.57 Å². The first-order chi connectivity index (χ1) is 9.69. The fraction of sp³-hybridized carbons (Fsp3) is 0.556. The summed E-state index contributed by atoms with van der Waals surface area (Å²) >= 11 is 0. The average Bonchev–Trinajstić information content (AvgIpc) is 2.33. The van der Waals surface area contributed by atoms with E-state index in [0.29, 0.717) is 5.92 Å². The van der Waals surface area contributed by atoms with Gasteiger partial charge >= 0.3 is 0 Å². The monoisotopic (exact) mass is 306 g/mol. The van der Waals surface area contributed by atoms with Gasteiger partial charge in [-0.3, -0.25) is 0 Å². The van der Waals surface area contributed by atoms with Gasteiger partial charge in [0.1, 0.15) is 0 Å². The highest BCUT2D eigenvalue weighted by molar-refractivity contribution is 6.70. The molecule has 21 heavy (non-hydrogen) atoms. The minimum Gasteiger partial charge on any atom is -0.519 e. The van der Waals surface area contributed by atoms with E-state index in [-0.39, 0.29) is 6.10 Å². The lowest BCUT2D eigenvalue weighted by Gasteiger charge is -2.26. The van der Waals surface area contributed by atoms with E-state index in [2.05, 4.69) is 57.8 Å². The van der Waals surface area contributed by atoms with Crippen LogP contribution in [0.4, 0.5) is 0 Å². The molecule has 2 nitrogen and oxygen atoms in total. The minimum absolute atomic E-state index is 0.113. The predicted octanol–water partition coefficient (Wildman–Crippen LogP) is 5.68. The Labute approximate surface area is 131 Å². The number of benzene rings is 1. The fourth-order valence-electron chi connectivity index (χ4n) is 2.02. The van der Waals surface area contributed by atoms with Crippen LogP contribution in [0, 0.1) is 5.92 Å². The molecule has 0 amide bonds. The Bertz CT molecular complexity index is 456. The maximum atomic E-state index is 6.26. The van der Waals surface area contributed by atoms with Gasteiger partial charge in [-0.05, 0) is 51.4 Å². The summed E-state index contributed by atoms with van der Waals surface area (Å²) in [6.45, 7) is 15.1. The van der Waals surface area contributed by atoms with Crippen molar-refractivity contribution in [2.24, 2.45) is 5.92 Å². The van der Waals surface area contributed by atoms with Crippen LogP contribution in [0.25, 0.3) is 5.57 Å². The molecule has 3 heteroatoms. The second-order valence-corrected chi connectivity index (χ2v) is 11.5. The summed E-state index contributed by atoms with van der Waals surface area (Å²) in [7, 11) is -1.72. The molecule has 118 valence electrons. The summed E-state index contributed by atoms with van der Waals surface area (Å²) in [4.78, 5) is 0. The maximum Gasteiger partial charge on any atom is 0.269 e. The fourth-order valence-corrected chi connectivity index (χ4v) is 2.74. The minimum atomic E-state index is -1.72. The third-order valence-electron chi connectivity index (χ3n) is 2.72. The molecule has 0 aliphatic heterocycles. The molecule has 0 aliphatic rings. The molecule has 0 saturated carbocycles. The van der Waals surface area contributed by atoms with Crippen LogP contribution in [-0.4, -0.2) is 14.4 Å². The van der Waals surface area contributed by atoms with Crippen molar-refractivity contribution in [3.05, 3.63) is 41.8 Å². The molecule has 0 saturated heterocycles. The molecule has 0 unspecified atom stereocenters. The molecule has 0 fully saturated rings. The van der Waals surface area contributed by atoms with Crippen molar-refractivity contribution in [1.29, 1.82) is 0 Å². The Hall–Kier alpha value is -1.22. The zero-order chi connectivity index (χ0) is 16.0. The average molecular weight is 307 g/mol. The van der Waals surface area contributed by atoms with Gasteiger partial charge in [-0.25, -0.2) is 0 Å². The Morgan fingerprint density at radius 1 is 1.00 bits per heavy atom. The van der Waals surface area contributed by atoms with Crippen LogP contribution in [0.5, 0.6) is 0 Å². The summed E-state index contributed by atoms with van der Waals surface area (Å²) < 4.78 is 12.3. The Balaban J connectivity index is 3.29. The third-order valence-corrected chi connectivity index (χ3v) is 3.52. The maximum absolute atomic E-state index is 6.26.